The Morgan fingerprint density at radius 3 is 2.71 bits per heavy atom. The summed E-state index contributed by atoms with van der Waals surface area (Å²) in [6.07, 6.45) is 0. The summed E-state index contributed by atoms with van der Waals surface area (Å²) in [4.78, 5) is 0. The minimum atomic E-state index is -1.24. The molecule has 0 heterocycles. The third kappa shape index (κ3) is 2.26. The van der Waals surface area contributed by atoms with Crippen LogP contribution in [-0.4, -0.2) is 29.3 Å². The molecular weight excluding hydrogens is 248 g/mol. The normalized spacial score (nSPS) is 14.9. The second-order valence-electron chi connectivity index (χ2n) is 3.06. The molecule has 0 fully saturated rings. The van der Waals surface area contributed by atoms with Crippen LogP contribution in [0.4, 0.5) is 0 Å². The molecule has 1 aromatic rings. The Morgan fingerprint density at radius 1 is 1.50 bits per heavy atom. The van der Waals surface area contributed by atoms with E-state index in [4.69, 9.17) is 9.84 Å². The second-order valence-corrected chi connectivity index (χ2v) is 3.62. The Morgan fingerprint density at radius 2 is 2.21 bits per heavy atom. The van der Waals surface area contributed by atoms with E-state index in [2.05, 4.69) is 15.9 Å². The molecule has 0 radical (unpaired) electrons. The van der Waals surface area contributed by atoms with Crippen LogP contribution >= 0.6 is 15.9 Å². The van der Waals surface area contributed by atoms with Gasteiger partial charge < -0.3 is 14.9 Å². The van der Waals surface area contributed by atoms with Crippen LogP contribution < -0.4 is 4.74 Å². The Balaban J connectivity index is 3.04. The lowest BCUT2D eigenvalue weighted by molar-refractivity contribution is 0.00307. The lowest BCUT2D eigenvalue weighted by Crippen LogP contribution is -2.31. The fraction of sp³-hybridized carbons (Fsp3) is 0.400. The van der Waals surface area contributed by atoms with E-state index in [0.29, 0.717) is 11.3 Å². The van der Waals surface area contributed by atoms with Crippen LogP contribution in [0, 0.1) is 0 Å². The third-order valence-electron chi connectivity index (χ3n) is 2.09. The van der Waals surface area contributed by atoms with Crippen LogP contribution in [0.1, 0.15) is 5.56 Å². The quantitative estimate of drug-likeness (QED) is 0.802. The fourth-order valence-electron chi connectivity index (χ4n) is 1.12. The summed E-state index contributed by atoms with van der Waals surface area (Å²) in [5.41, 5.74) is -0.606. The van der Waals surface area contributed by atoms with Gasteiger partial charge in [-0.2, -0.15) is 0 Å². The van der Waals surface area contributed by atoms with Crippen molar-refractivity contribution in [1.82, 2.24) is 0 Å². The molecular formula is C10H13BrO3. The molecule has 78 valence electrons. The molecule has 0 saturated carbocycles. The van der Waals surface area contributed by atoms with Gasteiger partial charge in [0.05, 0.1) is 13.7 Å². The van der Waals surface area contributed by atoms with Crippen molar-refractivity contribution >= 4 is 15.9 Å². The number of benzene rings is 1. The highest BCUT2D eigenvalue weighted by molar-refractivity contribution is 9.09. The number of methoxy groups -OCH3 is 1. The van der Waals surface area contributed by atoms with E-state index in [0.717, 1.165) is 0 Å². The van der Waals surface area contributed by atoms with E-state index in [1.165, 1.54) is 0 Å². The number of halogens is 1. The Labute approximate surface area is 91.5 Å². The molecule has 2 N–H and O–H groups in total. The molecule has 0 aliphatic rings. The van der Waals surface area contributed by atoms with Crippen LogP contribution in [0.5, 0.6) is 5.75 Å². The van der Waals surface area contributed by atoms with Crippen molar-refractivity contribution in [3.05, 3.63) is 29.8 Å². The average Bonchev–Trinajstić information content (AvgIpc) is 2.28. The molecule has 0 aromatic heterocycles. The summed E-state index contributed by atoms with van der Waals surface area (Å²) in [5, 5.41) is 19.3. The van der Waals surface area contributed by atoms with Gasteiger partial charge in [0, 0.05) is 5.33 Å². The zero-order valence-electron chi connectivity index (χ0n) is 7.90. The van der Waals surface area contributed by atoms with Crippen molar-refractivity contribution in [2.75, 3.05) is 19.0 Å². The molecule has 0 aliphatic carbocycles. The van der Waals surface area contributed by atoms with Crippen LogP contribution in [0.2, 0.25) is 0 Å². The van der Waals surface area contributed by atoms with Gasteiger partial charge in [0.2, 0.25) is 0 Å². The third-order valence-corrected chi connectivity index (χ3v) is 3.02. The van der Waals surface area contributed by atoms with Crippen molar-refractivity contribution in [3.63, 3.8) is 0 Å². The van der Waals surface area contributed by atoms with Crippen molar-refractivity contribution < 1.29 is 14.9 Å². The molecule has 0 spiro atoms. The summed E-state index contributed by atoms with van der Waals surface area (Å²) >= 11 is 3.16. The Hall–Kier alpha value is -0.580. The SMILES string of the molecule is COc1cccc([C@](O)(CO)CBr)c1. The second kappa shape index (κ2) is 4.77. The summed E-state index contributed by atoms with van der Waals surface area (Å²) in [7, 11) is 1.56. The van der Waals surface area contributed by atoms with Gasteiger partial charge in [-0.3, -0.25) is 0 Å². The van der Waals surface area contributed by atoms with E-state index >= 15 is 0 Å². The van der Waals surface area contributed by atoms with Gasteiger partial charge >= 0.3 is 0 Å². The molecule has 14 heavy (non-hydrogen) atoms. The smallest absolute Gasteiger partial charge is 0.122 e. The predicted molar refractivity (Wildman–Crippen MR) is 57.8 cm³/mol. The van der Waals surface area contributed by atoms with Gasteiger partial charge in [-0.15, -0.1) is 0 Å². The number of aliphatic hydroxyl groups excluding tert-OH is 1. The Bertz CT molecular complexity index is 297. The summed E-state index contributed by atoms with van der Waals surface area (Å²) in [5.74, 6) is 0.662. The highest BCUT2D eigenvalue weighted by Crippen LogP contribution is 2.25. The number of ether oxygens (including phenoxy) is 1. The van der Waals surface area contributed by atoms with Crippen molar-refractivity contribution in [1.29, 1.82) is 0 Å². The summed E-state index contributed by atoms with van der Waals surface area (Å²) in [6, 6.07) is 7.02. The number of rotatable bonds is 4. The van der Waals surface area contributed by atoms with Crippen molar-refractivity contribution in [2.24, 2.45) is 0 Å². The van der Waals surface area contributed by atoms with Crippen LogP contribution in [0.25, 0.3) is 0 Å². The number of aliphatic hydroxyl groups is 2. The van der Waals surface area contributed by atoms with Gasteiger partial charge in [-0.25, -0.2) is 0 Å². The average molecular weight is 261 g/mol. The first kappa shape index (κ1) is 11.5. The molecule has 0 amide bonds. The van der Waals surface area contributed by atoms with Crippen molar-refractivity contribution in [2.45, 2.75) is 5.60 Å². The number of alkyl halides is 1. The van der Waals surface area contributed by atoms with Crippen LogP contribution in [0.15, 0.2) is 24.3 Å². The minimum absolute atomic E-state index is 0.281. The van der Waals surface area contributed by atoms with Gasteiger partial charge in [-0.05, 0) is 17.7 Å². The van der Waals surface area contributed by atoms with Gasteiger partial charge in [0.25, 0.3) is 0 Å². The van der Waals surface area contributed by atoms with E-state index in [1.807, 2.05) is 0 Å². The first-order valence-corrected chi connectivity index (χ1v) is 5.32. The molecule has 1 atom stereocenters. The lowest BCUT2D eigenvalue weighted by atomic mass is 9.97. The first-order chi connectivity index (χ1) is 6.66. The highest BCUT2D eigenvalue weighted by atomic mass is 79.9. The standard InChI is InChI=1S/C10H13BrO3/c1-14-9-4-2-3-8(5-9)10(13,6-11)7-12/h2-5,12-13H,6-7H2,1H3/t10-/m1/s1. The zero-order chi connectivity index (χ0) is 10.6. The maximum atomic E-state index is 9.97. The lowest BCUT2D eigenvalue weighted by Gasteiger charge is -2.24. The predicted octanol–water partition coefficient (Wildman–Crippen LogP) is 1.27. The van der Waals surface area contributed by atoms with Crippen molar-refractivity contribution in [3.8, 4) is 5.75 Å². The fourth-order valence-corrected chi connectivity index (χ4v) is 1.62. The molecule has 1 aromatic carbocycles. The highest BCUT2D eigenvalue weighted by Gasteiger charge is 2.27. The van der Waals surface area contributed by atoms with Gasteiger partial charge in [0.1, 0.15) is 11.4 Å². The van der Waals surface area contributed by atoms with E-state index < -0.39 is 5.60 Å². The Kier molecular flexibility index (Phi) is 3.92. The van der Waals surface area contributed by atoms with Crippen LogP contribution in [-0.2, 0) is 5.60 Å². The first-order valence-electron chi connectivity index (χ1n) is 4.20. The molecule has 0 bridgehead atoms. The maximum absolute atomic E-state index is 9.97. The number of hydrogen-bond donors (Lipinski definition) is 2. The zero-order valence-corrected chi connectivity index (χ0v) is 9.49. The molecule has 0 unspecified atom stereocenters. The van der Waals surface area contributed by atoms with E-state index in [1.54, 1.807) is 31.4 Å². The number of hydrogen-bond acceptors (Lipinski definition) is 3. The molecule has 3 nitrogen and oxygen atoms in total. The molecule has 1 rings (SSSR count). The topological polar surface area (TPSA) is 49.7 Å². The van der Waals surface area contributed by atoms with E-state index in [-0.39, 0.29) is 11.9 Å². The summed E-state index contributed by atoms with van der Waals surface area (Å²) in [6.45, 7) is -0.328. The monoisotopic (exact) mass is 260 g/mol. The van der Waals surface area contributed by atoms with Crippen LogP contribution in [0.3, 0.4) is 0 Å². The summed E-state index contributed by atoms with van der Waals surface area (Å²) < 4.78 is 5.03. The molecule has 0 saturated heterocycles. The van der Waals surface area contributed by atoms with Gasteiger partial charge in [0.15, 0.2) is 0 Å². The maximum Gasteiger partial charge on any atom is 0.122 e. The van der Waals surface area contributed by atoms with E-state index in [9.17, 15) is 5.11 Å². The minimum Gasteiger partial charge on any atom is -0.497 e. The molecule has 0 aliphatic heterocycles. The van der Waals surface area contributed by atoms with Gasteiger partial charge in [-0.1, -0.05) is 28.1 Å². The largest absolute Gasteiger partial charge is 0.497 e. The molecule has 4 heteroatoms.